The minimum atomic E-state index is -0.414. The summed E-state index contributed by atoms with van der Waals surface area (Å²) in [6, 6.07) is 17.7. The summed E-state index contributed by atoms with van der Waals surface area (Å²) in [6.07, 6.45) is 1.75. The Bertz CT molecular complexity index is 1110. The van der Waals surface area contributed by atoms with E-state index in [2.05, 4.69) is 61.6 Å². The molecule has 8 heteroatoms. The molecule has 1 amide bonds. The Labute approximate surface area is 207 Å². The highest BCUT2D eigenvalue weighted by Crippen LogP contribution is 2.24. The van der Waals surface area contributed by atoms with Crippen molar-refractivity contribution in [1.29, 1.82) is 0 Å². The molecule has 0 spiro atoms. The van der Waals surface area contributed by atoms with Crippen LogP contribution in [0, 0.1) is 5.92 Å². The van der Waals surface area contributed by atoms with Crippen LogP contribution < -0.4 is 21.3 Å². The van der Waals surface area contributed by atoms with Crippen molar-refractivity contribution in [2.75, 3.05) is 48.3 Å². The molecular weight excluding hydrogens is 438 g/mol. The molecule has 4 rings (SSSR count). The number of carbonyl (C=O) groups is 1. The van der Waals surface area contributed by atoms with Crippen LogP contribution in [0.15, 0.2) is 60.8 Å². The third kappa shape index (κ3) is 6.27. The van der Waals surface area contributed by atoms with Gasteiger partial charge in [0.05, 0.1) is 5.69 Å². The zero-order valence-electron chi connectivity index (χ0n) is 20.7. The van der Waals surface area contributed by atoms with Crippen molar-refractivity contribution < 1.29 is 4.79 Å². The van der Waals surface area contributed by atoms with Crippen LogP contribution in [0.25, 0.3) is 11.3 Å². The molecule has 1 atom stereocenters. The summed E-state index contributed by atoms with van der Waals surface area (Å²) >= 11 is 0. The molecule has 1 aliphatic heterocycles. The second-order valence-electron chi connectivity index (χ2n) is 9.20. The second kappa shape index (κ2) is 11.2. The molecule has 1 fully saturated rings. The molecule has 3 aromatic rings. The summed E-state index contributed by atoms with van der Waals surface area (Å²) in [7, 11) is 0. The van der Waals surface area contributed by atoms with Gasteiger partial charge in [-0.3, -0.25) is 4.79 Å². The summed E-state index contributed by atoms with van der Waals surface area (Å²) in [5, 5.41) is 6.52. The number of nitrogens with one attached hydrogen (secondary N) is 2. The van der Waals surface area contributed by atoms with Crippen LogP contribution in [0.2, 0.25) is 0 Å². The van der Waals surface area contributed by atoms with E-state index in [1.54, 1.807) is 6.20 Å². The molecule has 0 radical (unpaired) electrons. The van der Waals surface area contributed by atoms with Crippen LogP contribution >= 0.6 is 0 Å². The van der Waals surface area contributed by atoms with Crippen LogP contribution in [0.1, 0.15) is 20.8 Å². The van der Waals surface area contributed by atoms with Gasteiger partial charge in [-0.15, -0.1) is 0 Å². The normalized spacial score (nSPS) is 15.1. The van der Waals surface area contributed by atoms with Crippen molar-refractivity contribution in [1.82, 2.24) is 14.9 Å². The molecule has 35 heavy (non-hydrogen) atoms. The number of anilines is 4. The molecule has 1 aliphatic rings. The summed E-state index contributed by atoms with van der Waals surface area (Å²) in [4.78, 5) is 25.6. The SMILES string of the molecule is CCN1CCN(c2ccc(Nc3nccc(-c4ccc(N[C@H](C(N)=O)C(C)C)cc4)n3)cc2)CC1. The van der Waals surface area contributed by atoms with Gasteiger partial charge in [-0.1, -0.05) is 32.9 Å². The van der Waals surface area contributed by atoms with Gasteiger partial charge in [-0.2, -0.15) is 0 Å². The van der Waals surface area contributed by atoms with Gasteiger partial charge in [0.2, 0.25) is 11.9 Å². The zero-order valence-corrected chi connectivity index (χ0v) is 20.7. The molecule has 1 saturated heterocycles. The number of amides is 1. The van der Waals surface area contributed by atoms with Crippen LogP contribution in [-0.4, -0.2) is 59.5 Å². The maximum Gasteiger partial charge on any atom is 0.240 e. The van der Waals surface area contributed by atoms with Gasteiger partial charge in [0.1, 0.15) is 6.04 Å². The van der Waals surface area contributed by atoms with Crippen molar-refractivity contribution in [3.63, 3.8) is 0 Å². The largest absolute Gasteiger partial charge is 0.373 e. The van der Waals surface area contributed by atoms with Gasteiger partial charge >= 0.3 is 0 Å². The lowest BCUT2D eigenvalue weighted by Gasteiger charge is -2.35. The Morgan fingerprint density at radius 2 is 1.63 bits per heavy atom. The van der Waals surface area contributed by atoms with Crippen molar-refractivity contribution in [3.8, 4) is 11.3 Å². The number of primary amides is 1. The summed E-state index contributed by atoms with van der Waals surface area (Å²) in [6.45, 7) is 11.6. The number of likely N-dealkylation sites (N-methyl/N-ethyl adjacent to an activating group) is 1. The molecular formula is C27H35N7O. The number of benzene rings is 2. The van der Waals surface area contributed by atoms with Gasteiger partial charge < -0.3 is 26.2 Å². The monoisotopic (exact) mass is 473 g/mol. The molecule has 4 N–H and O–H groups in total. The van der Waals surface area contributed by atoms with Gasteiger partial charge in [0.25, 0.3) is 0 Å². The number of hydrogen-bond acceptors (Lipinski definition) is 7. The summed E-state index contributed by atoms with van der Waals surface area (Å²) < 4.78 is 0. The van der Waals surface area contributed by atoms with E-state index < -0.39 is 6.04 Å². The van der Waals surface area contributed by atoms with E-state index in [0.717, 1.165) is 55.4 Å². The Kier molecular flexibility index (Phi) is 7.82. The van der Waals surface area contributed by atoms with Gasteiger partial charge in [-0.25, -0.2) is 9.97 Å². The van der Waals surface area contributed by atoms with E-state index in [0.29, 0.717) is 5.95 Å². The Balaban J connectivity index is 1.40. The molecule has 0 bridgehead atoms. The van der Waals surface area contributed by atoms with Crippen LogP contribution in [0.5, 0.6) is 0 Å². The Hall–Kier alpha value is -3.65. The first-order valence-electron chi connectivity index (χ1n) is 12.3. The van der Waals surface area contributed by atoms with E-state index in [-0.39, 0.29) is 11.8 Å². The van der Waals surface area contributed by atoms with Crippen molar-refractivity contribution in [2.24, 2.45) is 11.7 Å². The average Bonchev–Trinajstić information content (AvgIpc) is 2.88. The topological polar surface area (TPSA) is 99.4 Å². The average molecular weight is 474 g/mol. The standard InChI is InChI=1S/C27H35N7O/c1-4-33-15-17-34(18-16-33)23-11-9-22(10-12-23)31-27-29-14-13-24(32-27)20-5-7-21(8-6-20)30-25(19(2)3)26(28)35/h5-14,19,25,30H,4,15-18H2,1-3H3,(H2,28,35)(H,29,31,32)/t25-/m0/s1. The highest BCUT2D eigenvalue weighted by molar-refractivity contribution is 5.83. The molecule has 2 heterocycles. The Morgan fingerprint density at radius 3 is 2.23 bits per heavy atom. The molecule has 8 nitrogen and oxygen atoms in total. The lowest BCUT2D eigenvalue weighted by atomic mass is 10.0. The third-order valence-electron chi connectivity index (χ3n) is 6.44. The van der Waals surface area contributed by atoms with Crippen LogP contribution in [0.3, 0.4) is 0 Å². The van der Waals surface area contributed by atoms with Gasteiger partial charge in [0.15, 0.2) is 0 Å². The first-order valence-corrected chi connectivity index (χ1v) is 12.3. The zero-order chi connectivity index (χ0) is 24.8. The van der Waals surface area contributed by atoms with E-state index in [4.69, 9.17) is 5.73 Å². The maximum absolute atomic E-state index is 11.7. The highest BCUT2D eigenvalue weighted by atomic mass is 16.1. The number of hydrogen-bond donors (Lipinski definition) is 3. The van der Waals surface area contributed by atoms with E-state index in [1.165, 1.54) is 5.69 Å². The first kappa shape index (κ1) is 24.5. The fraction of sp³-hybridized carbons (Fsp3) is 0.370. The van der Waals surface area contributed by atoms with Gasteiger partial charge in [0, 0.05) is 55.0 Å². The third-order valence-corrected chi connectivity index (χ3v) is 6.44. The predicted molar refractivity (Wildman–Crippen MR) is 143 cm³/mol. The maximum atomic E-state index is 11.7. The molecule has 0 saturated carbocycles. The minimum Gasteiger partial charge on any atom is -0.373 e. The summed E-state index contributed by atoms with van der Waals surface area (Å²) in [5.41, 5.74) is 10.3. The fourth-order valence-electron chi connectivity index (χ4n) is 4.27. The fourth-order valence-corrected chi connectivity index (χ4v) is 4.27. The highest BCUT2D eigenvalue weighted by Gasteiger charge is 2.19. The smallest absolute Gasteiger partial charge is 0.240 e. The molecule has 184 valence electrons. The van der Waals surface area contributed by atoms with Crippen LogP contribution in [-0.2, 0) is 4.79 Å². The Morgan fingerprint density at radius 1 is 0.971 bits per heavy atom. The lowest BCUT2D eigenvalue weighted by molar-refractivity contribution is -0.119. The molecule has 0 unspecified atom stereocenters. The van der Waals surface area contributed by atoms with E-state index >= 15 is 0 Å². The van der Waals surface area contributed by atoms with E-state index in [9.17, 15) is 4.79 Å². The number of piperazine rings is 1. The minimum absolute atomic E-state index is 0.100. The van der Waals surface area contributed by atoms with Crippen LogP contribution in [0.4, 0.5) is 23.0 Å². The predicted octanol–water partition coefficient (Wildman–Crippen LogP) is 3.95. The van der Waals surface area contributed by atoms with Crippen molar-refractivity contribution >= 4 is 28.9 Å². The van der Waals surface area contributed by atoms with Gasteiger partial charge in [-0.05, 0) is 54.9 Å². The number of nitrogens with two attached hydrogens (primary N) is 1. The number of aromatic nitrogens is 2. The molecule has 0 aliphatic carbocycles. The number of nitrogens with zero attached hydrogens (tertiary/aromatic N) is 4. The van der Waals surface area contributed by atoms with E-state index in [1.807, 2.05) is 44.2 Å². The van der Waals surface area contributed by atoms with Crippen molar-refractivity contribution in [3.05, 3.63) is 60.8 Å². The number of carbonyl (C=O) groups excluding carboxylic acids is 1. The summed E-state index contributed by atoms with van der Waals surface area (Å²) in [5.74, 6) is 0.285. The second-order valence-corrected chi connectivity index (χ2v) is 9.20. The first-order chi connectivity index (χ1) is 16.9. The molecule has 1 aromatic heterocycles. The van der Waals surface area contributed by atoms with Crippen molar-refractivity contribution in [2.45, 2.75) is 26.8 Å². The quantitative estimate of drug-likeness (QED) is 0.433. The lowest BCUT2D eigenvalue weighted by Crippen LogP contribution is -2.46. The number of rotatable bonds is 9. The molecule has 2 aromatic carbocycles.